The van der Waals surface area contributed by atoms with Gasteiger partial charge in [0.05, 0.1) is 17.8 Å². The van der Waals surface area contributed by atoms with Gasteiger partial charge in [0.1, 0.15) is 0 Å². The smallest absolute Gasteiger partial charge is 0.255 e. The van der Waals surface area contributed by atoms with E-state index in [1.807, 2.05) is 0 Å². The Morgan fingerprint density at radius 2 is 1.71 bits per heavy atom. The first-order chi connectivity index (χ1) is 13.5. The van der Waals surface area contributed by atoms with Crippen LogP contribution in [0, 0.1) is 0 Å². The van der Waals surface area contributed by atoms with E-state index in [-0.39, 0.29) is 24.1 Å². The lowest BCUT2D eigenvalue weighted by atomic mass is 10.1. The van der Waals surface area contributed by atoms with Gasteiger partial charge >= 0.3 is 0 Å². The standard InChI is InChI=1S/C21H22ClN3O3/c1-14(26)16-6-2-3-7-18(16)24-20(27)13-23-19-12-15(22)8-9-17(19)21(28)25-10-4-5-11-25/h2-3,6-9,12,23H,4-5,10-11,13H2,1H3,(H,24,27). The van der Waals surface area contributed by atoms with Crippen molar-refractivity contribution in [2.45, 2.75) is 19.8 Å². The maximum absolute atomic E-state index is 12.7. The van der Waals surface area contributed by atoms with E-state index in [4.69, 9.17) is 11.6 Å². The van der Waals surface area contributed by atoms with E-state index in [0.29, 0.717) is 27.5 Å². The molecule has 2 amide bonds. The lowest BCUT2D eigenvalue weighted by molar-refractivity contribution is -0.114. The van der Waals surface area contributed by atoms with Gasteiger partial charge in [-0.1, -0.05) is 23.7 Å². The highest BCUT2D eigenvalue weighted by Gasteiger charge is 2.22. The van der Waals surface area contributed by atoms with Gasteiger partial charge in [-0.2, -0.15) is 0 Å². The van der Waals surface area contributed by atoms with Gasteiger partial charge in [-0.25, -0.2) is 0 Å². The minimum Gasteiger partial charge on any atom is -0.375 e. The number of hydrogen-bond acceptors (Lipinski definition) is 4. The molecular formula is C21H22ClN3O3. The quantitative estimate of drug-likeness (QED) is 0.723. The number of ketones is 1. The fourth-order valence-electron chi connectivity index (χ4n) is 3.21. The molecular weight excluding hydrogens is 378 g/mol. The summed E-state index contributed by atoms with van der Waals surface area (Å²) in [6.07, 6.45) is 2.00. The number of para-hydroxylation sites is 1. The molecule has 7 heteroatoms. The number of hydrogen-bond donors (Lipinski definition) is 2. The molecule has 1 aliphatic heterocycles. The summed E-state index contributed by atoms with van der Waals surface area (Å²) in [4.78, 5) is 38.6. The van der Waals surface area contributed by atoms with Gasteiger partial charge in [0.25, 0.3) is 5.91 Å². The Kier molecular flexibility index (Phi) is 6.31. The summed E-state index contributed by atoms with van der Waals surface area (Å²) in [5.41, 5.74) is 1.91. The highest BCUT2D eigenvalue weighted by molar-refractivity contribution is 6.31. The second-order valence-electron chi connectivity index (χ2n) is 6.69. The van der Waals surface area contributed by atoms with Crippen molar-refractivity contribution in [2.75, 3.05) is 30.3 Å². The Morgan fingerprint density at radius 1 is 1.00 bits per heavy atom. The monoisotopic (exact) mass is 399 g/mol. The fourth-order valence-corrected chi connectivity index (χ4v) is 3.38. The molecule has 0 radical (unpaired) electrons. The van der Waals surface area contributed by atoms with Gasteiger partial charge in [0, 0.05) is 29.4 Å². The second-order valence-corrected chi connectivity index (χ2v) is 7.13. The minimum absolute atomic E-state index is 0.0626. The maximum Gasteiger partial charge on any atom is 0.255 e. The van der Waals surface area contributed by atoms with Crippen molar-refractivity contribution in [1.29, 1.82) is 0 Å². The molecule has 0 spiro atoms. The first-order valence-electron chi connectivity index (χ1n) is 9.18. The molecule has 1 aliphatic rings. The summed E-state index contributed by atoms with van der Waals surface area (Å²) in [6, 6.07) is 11.8. The summed E-state index contributed by atoms with van der Waals surface area (Å²) < 4.78 is 0. The van der Waals surface area contributed by atoms with E-state index in [0.717, 1.165) is 25.9 Å². The van der Waals surface area contributed by atoms with Gasteiger partial charge in [-0.3, -0.25) is 14.4 Å². The van der Waals surface area contributed by atoms with E-state index >= 15 is 0 Å². The van der Waals surface area contributed by atoms with Crippen LogP contribution in [0.4, 0.5) is 11.4 Å². The van der Waals surface area contributed by atoms with E-state index in [9.17, 15) is 14.4 Å². The van der Waals surface area contributed by atoms with Crippen molar-refractivity contribution in [3.05, 3.63) is 58.6 Å². The SMILES string of the molecule is CC(=O)c1ccccc1NC(=O)CNc1cc(Cl)ccc1C(=O)N1CCCC1. The minimum atomic E-state index is -0.326. The summed E-state index contributed by atoms with van der Waals surface area (Å²) in [5, 5.41) is 6.20. The summed E-state index contributed by atoms with van der Waals surface area (Å²) in [5.74, 6) is -0.524. The normalized spacial score (nSPS) is 13.3. The predicted molar refractivity (Wildman–Crippen MR) is 110 cm³/mol. The van der Waals surface area contributed by atoms with Crippen LogP contribution < -0.4 is 10.6 Å². The van der Waals surface area contributed by atoms with Crippen molar-refractivity contribution in [3.63, 3.8) is 0 Å². The van der Waals surface area contributed by atoms with Crippen molar-refractivity contribution in [1.82, 2.24) is 4.90 Å². The number of rotatable bonds is 6. The van der Waals surface area contributed by atoms with Crippen LogP contribution in [0.25, 0.3) is 0 Å². The number of likely N-dealkylation sites (tertiary alicyclic amines) is 1. The topological polar surface area (TPSA) is 78.5 Å². The molecule has 6 nitrogen and oxygen atoms in total. The summed E-state index contributed by atoms with van der Waals surface area (Å²) in [7, 11) is 0. The highest BCUT2D eigenvalue weighted by atomic mass is 35.5. The van der Waals surface area contributed by atoms with Gasteiger partial charge in [-0.05, 0) is 50.1 Å². The van der Waals surface area contributed by atoms with Crippen molar-refractivity contribution >= 4 is 40.6 Å². The third kappa shape index (κ3) is 4.70. The third-order valence-electron chi connectivity index (χ3n) is 4.63. The Morgan fingerprint density at radius 3 is 2.43 bits per heavy atom. The van der Waals surface area contributed by atoms with Gasteiger partial charge in [-0.15, -0.1) is 0 Å². The lowest BCUT2D eigenvalue weighted by Crippen LogP contribution is -2.29. The first kappa shape index (κ1) is 19.9. The van der Waals surface area contributed by atoms with Crippen LogP contribution in [0.5, 0.6) is 0 Å². The molecule has 3 rings (SSSR count). The molecule has 0 atom stereocenters. The molecule has 0 aliphatic carbocycles. The third-order valence-corrected chi connectivity index (χ3v) is 4.86. The van der Waals surface area contributed by atoms with E-state index in [1.165, 1.54) is 6.92 Å². The number of nitrogens with one attached hydrogen (secondary N) is 2. The molecule has 28 heavy (non-hydrogen) atoms. The molecule has 0 saturated carbocycles. The van der Waals surface area contributed by atoms with Crippen LogP contribution in [0.2, 0.25) is 5.02 Å². The molecule has 0 bridgehead atoms. The van der Waals surface area contributed by atoms with Crippen molar-refractivity contribution in [3.8, 4) is 0 Å². The molecule has 1 fully saturated rings. The Balaban J connectivity index is 1.70. The Hall–Kier alpha value is -2.86. The number of amides is 2. The Labute approximate surface area is 168 Å². The number of benzene rings is 2. The first-order valence-corrected chi connectivity index (χ1v) is 9.56. The van der Waals surface area contributed by atoms with Crippen LogP contribution in [-0.4, -0.2) is 42.1 Å². The van der Waals surface area contributed by atoms with E-state index in [2.05, 4.69) is 10.6 Å². The van der Waals surface area contributed by atoms with Crippen molar-refractivity contribution in [2.24, 2.45) is 0 Å². The molecule has 2 aromatic carbocycles. The average molecular weight is 400 g/mol. The summed E-state index contributed by atoms with van der Waals surface area (Å²) >= 11 is 6.08. The maximum atomic E-state index is 12.7. The fraction of sp³-hybridized carbons (Fsp3) is 0.286. The molecule has 0 aromatic heterocycles. The van der Waals surface area contributed by atoms with Gasteiger partial charge < -0.3 is 15.5 Å². The second kappa shape index (κ2) is 8.89. The number of carbonyl (C=O) groups excluding carboxylic acids is 3. The Bertz CT molecular complexity index is 908. The zero-order chi connectivity index (χ0) is 20.1. The molecule has 1 heterocycles. The summed E-state index contributed by atoms with van der Waals surface area (Å²) in [6.45, 7) is 2.87. The zero-order valence-corrected chi connectivity index (χ0v) is 16.4. The molecule has 1 saturated heterocycles. The predicted octanol–water partition coefficient (Wildman–Crippen LogP) is 3.83. The number of Topliss-reactive ketones (excluding diaryl/α,β-unsaturated/α-hetero) is 1. The van der Waals surface area contributed by atoms with Gasteiger partial charge in [0.15, 0.2) is 5.78 Å². The lowest BCUT2D eigenvalue weighted by Gasteiger charge is -2.18. The zero-order valence-electron chi connectivity index (χ0n) is 15.6. The number of halogens is 1. The van der Waals surface area contributed by atoms with Gasteiger partial charge in [0.2, 0.25) is 5.91 Å². The molecule has 0 unspecified atom stereocenters. The number of anilines is 2. The largest absolute Gasteiger partial charge is 0.375 e. The number of carbonyl (C=O) groups is 3. The van der Waals surface area contributed by atoms with Crippen LogP contribution >= 0.6 is 11.6 Å². The van der Waals surface area contributed by atoms with Crippen LogP contribution in [0.15, 0.2) is 42.5 Å². The number of nitrogens with zero attached hydrogens (tertiary/aromatic N) is 1. The molecule has 2 aromatic rings. The molecule has 2 N–H and O–H groups in total. The van der Waals surface area contributed by atoms with Crippen LogP contribution in [-0.2, 0) is 4.79 Å². The van der Waals surface area contributed by atoms with Crippen LogP contribution in [0.3, 0.4) is 0 Å². The van der Waals surface area contributed by atoms with E-state index in [1.54, 1.807) is 47.4 Å². The van der Waals surface area contributed by atoms with Crippen molar-refractivity contribution < 1.29 is 14.4 Å². The average Bonchev–Trinajstić information content (AvgIpc) is 3.21. The molecule has 146 valence electrons. The van der Waals surface area contributed by atoms with E-state index < -0.39 is 0 Å². The van der Waals surface area contributed by atoms with Crippen LogP contribution in [0.1, 0.15) is 40.5 Å². The highest BCUT2D eigenvalue weighted by Crippen LogP contribution is 2.24.